The Labute approximate surface area is 133 Å². The predicted octanol–water partition coefficient (Wildman–Crippen LogP) is -0.337. The van der Waals surface area contributed by atoms with Gasteiger partial charge in [0.1, 0.15) is 11.3 Å². The molecule has 2 rings (SSSR count). The smallest absolute Gasteiger partial charge is 0.280 e. The van der Waals surface area contributed by atoms with Crippen LogP contribution in [-0.2, 0) is 29.8 Å². The van der Waals surface area contributed by atoms with E-state index < -0.39 is 38.8 Å². The van der Waals surface area contributed by atoms with Crippen LogP contribution in [0.5, 0.6) is 0 Å². The Morgan fingerprint density at radius 2 is 1.88 bits per heavy atom. The minimum absolute atomic E-state index is 0.176. The third kappa shape index (κ3) is 3.64. The number of nitrogens with zero attached hydrogens (tertiary/aromatic N) is 3. The van der Waals surface area contributed by atoms with E-state index in [1.165, 1.54) is 7.05 Å². The molecule has 2 aromatic rings. The number of hydrogen-bond donors (Lipinski definition) is 1. The zero-order chi connectivity index (χ0) is 18.3. The minimum Gasteiger partial charge on any atom is -0.280 e. The van der Waals surface area contributed by atoms with Crippen molar-refractivity contribution in [3.8, 4) is 0 Å². The van der Waals surface area contributed by atoms with Gasteiger partial charge in [-0.15, -0.1) is 0 Å². The van der Waals surface area contributed by atoms with Crippen molar-refractivity contribution in [1.82, 2.24) is 18.8 Å². The lowest BCUT2D eigenvalue weighted by Gasteiger charge is -2.12. The Morgan fingerprint density at radius 1 is 1.25 bits per heavy atom. The number of alkyl halides is 3. The Bertz CT molecular complexity index is 1010. The summed E-state index contributed by atoms with van der Waals surface area (Å²) in [4.78, 5) is 27.8. The Morgan fingerprint density at radius 3 is 2.42 bits per heavy atom. The van der Waals surface area contributed by atoms with Crippen molar-refractivity contribution in [2.45, 2.75) is 12.7 Å². The van der Waals surface area contributed by atoms with E-state index in [0.29, 0.717) is 6.07 Å². The molecule has 12 heteroatoms. The molecule has 132 valence electrons. The van der Waals surface area contributed by atoms with Gasteiger partial charge >= 0.3 is 11.9 Å². The van der Waals surface area contributed by atoms with Gasteiger partial charge < -0.3 is 0 Å². The molecule has 2 heterocycles. The van der Waals surface area contributed by atoms with Crippen LogP contribution in [0.3, 0.4) is 0 Å². The van der Waals surface area contributed by atoms with E-state index in [0.717, 1.165) is 21.5 Å². The van der Waals surface area contributed by atoms with Crippen LogP contribution >= 0.6 is 0 Å². The summed E-state index contributed by atoms with van der Waals surface area (Å²) in [5.74, 6) is 0. The molecule has 0 fully saturated rings. The molecule has 0 aliphatic carbocycles. The largest absolute Gasteiger partial charge is 0.433 e. The number of fused-ring (bicyclic) bond motifs is 1. The van der Waals surface area contributed by atoms with Crippen LogP contribution < -0.4 is 16.0 Å². The molecule has 0 aliphatic heterocycles. The third-order valence-corrected chi connectivity index (χ3v) is 3.90. The first-order valence-corrected chi connectivity index (χ1v) is 8.43. The highest BCUT2D eigenvalue weighted by Gasteiger charge is 2.33. The van der Waals surface area contributed by atoms with Crippen LogP contribution in [0.1, 0.15) is 5.69 Å². The van der Waals surface area contributed by atoms with Crippen LogP contribution in [0, 0.1) is 0 Å². The molecule has 0 radical (unpaired) electrons. The van der Waals surface area contributed by atoms with Gasteiger partial charge in [0.25, 0.3) is 5.56 Å². The number of nitrogens with one attached hydrogen (secondary N) is 1. The van der Waals surface area contributed by atoms with Crippen LogP contribution in [0.15, 0.2) is 21.7 Å². The first-order valence-electron chi connectivity index (χ1n) is 6.54. The highest BCUT2D eigenvalue weighted by molar-refractivity contribution is 7.88. The second kappa shape index (κ2) is 6.02. The topological polar surface area (TPSA) is 103 Å². The summed E-state index contributed by atoms with van der Waals surface area (Å²) in [6.07, 6.45) is -3.80. The first kappa shape index (κ1) is 18.1. The number of aryl methyl sites for hydroxylation is 1. The molecular weight excluding hydrogens is 353 g/mol. The van der Waals surface area contributed by atoms with Crippen molar-refractivity contribution in [2.24, 2.45) is 7.05 Å². The lowest BCUT2D eigenvalue weighted by Crippen LogP contribution is -2.42. The normalized spacial score (nSPS) is 12.7. The van der Waals surface area contributed by atoms with E-state index >= 15 is 0 Å². The van der Waals surface area contributed by atoms with Gasteiger partial charge in [0.05, 0.1) is 11.6 Å². The summed E-state index contributed by atoms with van der Waals surface area (Å²) in [5.41, 5.74) is -3.35. The third-order valence-electron chi connectivity index (χ3n) is 3.18. The monoisotopic (exact) mass is 366 g/mol. The van der Waals surface area contributed by atoms with Crippen molar-refractivity contribution < 1.29 is 21.6 Å². The maximum atomic E-state index is 12.7. The van der Waals surface area contributed by atoms with Gasteiger partial charge in [-0.05, 0) is 12.1 Å². The maximum Gasteiger partial charge on any atom is 0.433 e. The summed E-state index contributed by atoms with van der Waals surface area (Å²) in [6.45, 7) is -0.483. The van der Waals surface area contributed by atoms with E-state index in [-0.39, 0.29) is 18.5 Å². The second-order valence-corrected chi connectivity index (χ2v) is 6.86. The number of sulfonamides is 1. The quantitative estimate of drug-likeness (QED) is 0.798. The van der Waals surface area contributed by atoms with Crippen molar-refractivity contribution in [1.29, 1.82) is 0 Å². The average Bonchev–Trinajstić information content (AvgIpc) is 2.46. The van der Waals surface area contributed by atoms with E-state index in [2.05, 4.69) is 9.71 Å². The van der Waals surface area contributed by atoms with Crippen molar-refractivity contribution in [3.05, 3.63) is 38.7 Å². The average molecular weight is 366 g/mol. The molecule has 8 nitrogen and oxygen atoms in total. The minimum atomic E-state index is -4.71. The molecule has 0 aromatic carbocycles. The summed E-state index contributed by atoms with van der Waals surface area (Å²) < 4.78 is 63.8. The van der Waals surface area contributed by atoms with E-state index in [4.69, 9.17) is 0 Å². The number of hydrogen-bond acceptors (Lipinski definition) is 5. The van der Waals surface area contributed by atoms with Gasteiger partial charge in [0.15, 0.2) is 0 Å². The second-order valence-electron chi connectivity index (χ2n) is 5.03. The van der Waals surface area contributed by atoms with Crippen molar-refractivity contribution >= 4 is 21.1 Å². The molecule has 24 heavy (non-hydrogen) atoms. The summed E-state index contributed by atoms with van der Waals surface area (Å²) in [5, 5.41) is -0.176. The van der Waals surface area contributed by atoms with Crippen molar-refractivity contribution in [2.75, 3.05) is 12.8 Å². The fourth-order valence-electron chi connectivity index (χ4n) is 2.07. The van der Waals surface area contributed by atoms with E-state index in [9.17, 15) is 31.2 Å². The molecule has 0 bridgehead atoms. The summed E-state index contributed by atoms with van der Waals surface area (Å²) in [7, 11) is -2.33. The molecule has 0 atom stereocenters. The summed E-state index contributed by atoms with van der Waals surface area (Å²) >= 11 is 0. The summed E-state index contributed by atoms with van der Waals surface area (Å²) in [6, 6.07) is 1.58. The standard InChI is InChI=1S/C12H13F3N4O4S/c1-18-9-7(3-4-8(17-9)12(13,14)15)10(20)19(11(18)21)6-5-16-24(2,22)23/h3-4,16H,5-6H2,1-2H3. The molecule has 0 saturated heterocycles. The van der Waals surface area contributed by atoms with E-state index in [1.54, 1.807) is 0 Å². The molecule has 0 aliphatic rings. The zero-order valence-corrected chi connectivity index (χ0v) is 13.4. The predicted molar refractivity (Wildman–Crippen MR) is 79.1 cm³/mol. The maximum absolute atomic E-state index is 12.7. The molecule has 0 unspecified atom stereocenters. The van der Waals surface area contributed by atoms with Crippen LogP contribution in [-0.4, -0.2) is 35.3 Å². The van der Waals surface area contributed by atoms with Gasteiger partial charge in [-0.3, -0.25) is 13.9 Å². The van der Waals surface area contributed by atoms with Crippen LogP contribution in [0.25, 0.3) is 11.0 Å². The van der Waals surface area contributed by atoms with Gasteiger partial charge in [-0.2, -0.15) is 13.2 Å². The Hall–Kier alpha value is -2.21. The highest BCUT2D eigenvalue weighted by atomic mass is 32.2. The SMILES string of the molecule is Cn1c(=O)n(CCNS(C)(=O)=O)c(=O)c2ccc(C(F)(F)F)nc21. The van der Waals surface area contributed by atoms with E-state index in [1.807, 2.05) is 0 Å². The lowest BCUT2D eigenvalue weighted by atomic mass is 10.2. The molecule has 0 amide bonds. The van der Waals surface area contributed by atoms with Crippen LogP contribution in [0.4, 0.5) is 13.2 Å². The molecule has 0 spiro atoms. The van der Waals surface area contributed by atoms with Crippen molar-refractivity contribution in [3.63, 3.8) is 0 Å². The van der Waals surface area contributed by atoms with Gasteiger partial charge in [0.2, 0.25) is 10.0 Å². The molecule has 0 saturated carbocycles. The number of aromatic nitrogens is 3. The Kier molecular flexibility index (Phi) is 4.55. The number of pyridine rings is 1. The molecule has 1 N–H and O–H groups in total. The number of halogens is 3. The highest BCUT2D eigenvalue weighted by Crippen LogP contribution is 2.28. The van der Waals surface area contributed by atoms with Gasteiger partial charge in [-0.1, -0.05) is 0 Å². The van der Waals surface area contributed by atoms with Gasteiger partial charge in [0, 0.05) is 20.1 Å². The lowest BCUT2D eigenvalue weighted by molar-refractivity contribution is -0.141. The fraction of sp³-hybridized carbons (Fsp3) is 0.417. The molecule has 2 aromatic heterocycles. The Balaban J connectivity index is 2.57. The zero-order valence-electron chi connectivity index (χ0n) is 12.6. The first-order chi connectivity index (χ1) is 10.9. The molecular formula is C12H13F3N4O4S. The van der Waals surface area contributed by atoms with Crippen LogP contribution in [0.2, 0.25) is 0 Å². The van der Waals surface area contributed by atoms with Gasteiger partial charge in [-0.25, -0.2) is 22.9 Å². The fourth-order valence-corrected chi connectivity index (χ4v) is 2.53. The number of rotatable bonds is 4.